The summed E-state index contributed by atoms with van der Waals surface area (Å²) in [6.45, 7) is -0.858. The fourth-order valence-electron chi connectivity index (χ4n) is 4.00. The molecule has 36 heavy (non-hydrogen) atoms. The van der Waals surface area contributed by atoms with Gasteiger partial charge in [0, 0.05) is 6.54 Å². The van der Waals surface area contributed by atoms with Crippen LogP contribution in [0.15, 0.2) is 43.0 Å². The van der Waals surface area contributed by atoms with Crippen LogP contribution in [-0.2, 0) is 30.7 Å². The van der Waals surface area contributed by atoms with Crippen molar-refractivity contribution in [2.24, 2.45) is 0 Å². The quantitative estimate of drug-likeness (QED) is 0.163. The normalized spacial score (nSPS) is 26.2. The lowest BCUT2D eigenvalue weighted by atomic mass is 9.96. The van der Waals surface area contributed by atoms with Gasteiger partial charge >= 0.3 is 15.2 Å². The molecule has 0 bridgehead atoms. The Hall–Kier alpha value is -2.29. The van der Waals surface area contributed by atoms with Crippen LogP contribution in [0.5, 0.6) is 0 Å². The number of fused-ring (bicyclic) bond motifs is 1. The summed E-state index contributed by atoms with van der Waals surface area (Å²) in [5.74, 6) is -1.08. The SMILES string of the molecule is CNC1(COP(=O)(O)CP(=O)(O)O)OCC(O)C1(O)n1cnc2c(NCc3ccccc3)ncnc21. The van der Waals surface area contributed by atoms with E-state index in [0.717, 1.165) is 10.1 Å². The molecule has 1 aliphatic heterocycles. The van der Waals surface area contributed by atoms with Crippen molar-refractivity contribution in [1.82, 2.24) is 24.8 Å². The van der Waals surface area contributed by atoms with Crippen molar-refractivity contribution >= 4 is 32.2 Å². The Balaban J connectivity index is 1.67. The number of ether oxygens (including phenoxy) is 1. The molecule has 3 heterocycles. The predicted octanol–water partition coefficient (Wildman–Crippen LogP) is -0.273. The first-order valence-corrected chi connectivity index (χ1v) is 14.2. The first-order chi connectivity index (χ1) is 16.9. The standard InChI is InChI=1S/C19H26N6O9P2/c1-20-18(9-34-36(31,32)12-35(28,29)30)19(27,14(26)8-33-18)25-11-24-15-16(22-10-23-17(15)25)21-7-13-5-3-2-4-6-13/h2-6,10-11,14,20,26-27H,7-9,12H2,1H3,(H,31,32)(H,21,22,23)(H2,28,29,30). The molecule has 0 spiro atoms. The van der Waals surface area contributed by atoms with Crippen LogP contribution >= 0.6 is 15.2 Å². The summed E-state index contributed by atoms with van der Waals surface area (Å²) < 4.78 is 35.1. The largest absolute Gasteiger partial charge is 0.385 e. The number of aliphatic hydroxyl groups is 2. The van der Waals surface area contributed by atoms with Crippen LogP contribution in [0.1, 0.15) is 5.56 Å². The Morgan fingerprint density at radius 1 is 1.19 bits per heavy atom. The van der Waals surface area contributed by atoms with E-state index in [-0.39, 0.29) is 11.2 Å². The van der Waals surface area contributed by atoms with E-state index in [1.54, 1.807) is 0 Å². The van der Waals surface area contributed by atoms with Gasteiger partial charge in [0.05, 0.1) is 12.9 Å². The molecule has 4 atom stereocenters. The van der Waals surface area contributed by atoms with Gasteiger partial charge in [-0.2, -0.15) is 0 Å². The van der Waals surface area contributed by atoms with Gasteiger partial charge in [0.25, 0.3) is 0 Å². The molecule has 15 nitrogen and oxygen atoms in total. The summed E-state index contributed by atoms with van der Waals surface area (Å²) in [5.41, 5.74) is -3.05. The Morgan fingerprint density at radius 2 is 1.92 bits per heavy atom. The van der Waals surface area contributed by atoms with Crippen molar-refractivity contribution in [2.75, 3.05) is 31.5 Å². The van der Waals surface area contributed by atoms with Crippen molar-refractivity contribution in [3.8, 4) is 0 Å². The first kappa shape index (κ1) is 26.8. The van der Waals surface area contributed by atoms with E-state index in [1.165, 1.54) is 19.7 Å². The molecule has 196 valence electrons. The summed E-state index contributed by atoms with van der Waals surface area (Å²) in [6, 6.07) is 9.52. The molecule has 0 amide bonds. The number of aromatic nitrogens is 4. The molecule has 0 radical (unpaired) electrons. The molecule has 1 fully saturated rings. The highest BCUT2D eigenvalue weighted by Gasteiger charge is 2.64. The molecule has 1 aliphatic rings. The molecule has 4 unspecified atom stereocenters. The fourth-order valence-corrected chi connectivity index (χ4v) is 6.58. The molecule has 3 aromatic rings. The Labute approximate surface area is 204 Å². The molecular weight excluding hydrogens is 518 g/mol. The van der Waals surface area contributed by atoms with E-state index in [0.29, 0.717) is 12.4 Å². The lowest BCUT2D eigenvalue weighted by Gasteiger charge is -2.42. The van der Waals surface area contributed by atoms with Crippen LogP contribution in [0.25, 0.3) is 11.2 Å². The van der Waals surface area contributed by atoms with E-state index < -0.39 is 51.9 Å². The number of imidazole rings is 1. The highest BCUT2D eigenvalue weighted by molar-refractivity contribution is 7.70. The van der Waals surface area contributed by atoms with E-state index in [4.69, 9.17) is 19.0 Å². The molecule has 2 aromatic heterocycles. The number of nitrogens with zero attached hydrogens (tertiary/aromatic N) is 4. The monoisotopic (exact) mass is 544 g/mol. The van der Waals surface area contributed by atoms with Crippen LogP contribution in [0, 0.1) is 0 Å². The van der Waals surface area contributed by atoms with Gasteiger partial charge < -0.3 is 39.5 Å². The summed E-state index contributed by atoms with van der Waals surface area (Å²) in [5, 5.41) is 28.3. The third kappa shape index (κ3) is 5.08. The third-order valence-corrected chi connectivity index (χ3v) is 9.22. The molecule has 1 saturated heterocycles. The van der Waals surface area contributed by atoms with Gasteiger partial charge in [-0.25, -0.2) is 15.0 Å². The zero-order valence-electron chi connectivity index (χ0n) is 19.0. The number of likely N-dealkylation sites (N-methyl/N-ethyl adjacent to an activating group) is 1. The van der Waals surface area contributed by atoms with Crippen molar-refractivity contribution in [3.05, 3.63) is 48.5 Å². The number of aliphatic hydroxyl groups excluding tert-OH is 1. The van der Waals surface area contributed by atoms with Crippen LogP contribution in [0.4, 0.5) is 5.82 Å². The van der Waals surface area contributed by atoms with Crippen molar-refractivity contribution in [3.63, 3.8) is 0 Å². The third-order valence-electron chi connectivity index (χ3n) is 5.79. The van der Waals surface area contributed by atoms with Crippen LogP contribution in [0.3, 0.4) is 0 Å². The van der Waals surface area contributed by atoms with Gasteiger partial charge in [0.15, 0.2) is 28.6 Å². The summed E-state index contributed by atoms with van der Waals surface area (Å²) >= 11 is 0. The zero-order chi connectivity index (χ0) is 26.2. The lowest BCUT2D eigenvalue weighted by Crippen LogP contribution is -2.66. The fraction of sp³-hybridized carbons (Fsp3) is 0.421. The second kappa shape index (κ2) is 9.88. The first-order valence-electron chi connectivity index (χ1n) is 10.6. The maximum Gasteiger partial charge on any atom is 0.340 e. The lowest BCUT2D eigenvalue weighted by molar-refractivity contribution is -0.215. The molecular formula is C19H26N6O9P2. The number of anilines is 1. The molecule has 17 heteroatoms. The molecule has 7 N–H and O–H groups in total. The second-order valence-corrected chi connectivity index (χ2v) is 12.2. The van der Waals surface area contributed by atoms with Crippen LogP contribution in [-0.4, -0.2) is 82.4 Å². The number of hydrogen-bond donors (Lipinski definition) is 7. The highest BCUT2D eigenvalue weighted by atomic mass is 31.2. The van der Waals surface area contributed by atoms with Gasteiger partial charge in [0.1, 0.15) is 19.0 Å². The number of hydrogen-bond acceptors (Lipinski definition) is 11. The average Bonchev–Trinajstić information content (AvgIpc) is 3.36. The average molecular weight is 544 g/mol. The minimum absolute atomic E-state index is 0.106. The van der Waals surface area contributed by atoms with E-state index in [1.807, 2.05) is 30.3 Å². The molecule has 4 rings (SSSR count). The molecule has 1 aromatic carbocycles. The van der Waals surface area contributed by atoms with Gasteiger partial charge in [-0.05, 0) is 12.6 Å². The topological polar surface area (TPSA) is 221 Å². The van der Waals surface area contributed by atoms with Gasteiger partial charge in [-0.1, -0.05) is 30.3 Å². The Bertz CT molecular complexity index is 1320. The van der Waals surface area contributed by atoms with E-state index in [2.05, 4.69) is 25.6 Å². The second-order valence-electron chi connectivity index (χ2n) is 8.20. The van der Waals surface area contributed by atoms with E-state index >= 15 is 0 Å². The highest BCUT2D eigenvalue weighted by Crippen LogP contribution is 2.56. The van der Waals surface area contributed by atoms with Crippen LogP contribution in [0.2, 0.25) is 0 Å². The Kier molecular flexibility index (Phi) is 7.34. The summed E-state index contributed by atoms with van der Waals surface area (Å²) in [4.78, 5) is 40.7. The maximum absolute atomic E-state index is 12.2. The number of nitrogens with one attached hydrogen (secondary N) is 2. The minimum Gasteiger partial charge on any atom is -0.385 e. The maximum atomic E-state index is 12.2. The van der Waals surface area contributed by atoms with Crippen molar-refractivity contribution in [2.45, 2.75) is 24.1 Å². The zero-order valence-corrected chi connectivity index (χ0v) is 20.8. The van der Waals surface area contributed by atoms with Gasteiger partial charge in [-0.3, -0.25) is 19.0 Å². The minimum atomic E-state index is -4.89. The molecule has 0 aliphatic carbocycles. The summed E-state index contributed by atoms with van der Waals surface area (Å²) in [6.07, 6.45) is 0.853. The van der Waals surface area contributed by atoms with E-state index in [9.17, 15) is 24.2 Å². The van der Waals surface area contributed by atoms with Crippen LogP contribution < -0.4 is 10.6 Å². The summed E-state index contributed by atoms with van der Waals surface area (Å²) in [7, 11) is -8.35. The van der Waals surface area contributed by atoms with Crippen molar-refractivity contribution < 1.29 is 43.3 Å². The predicted molar refractivity (Wildman–Crippen MR) is 126 cm³/mol. The van der Waals surface area contributed by atoms with Gasteiger partial charge in [-0.15, -0.1) is 0 Å². The van der Waals surface area contributed by atoms with Crippen molar-refractivity contribution in [1.29, 1.82) is 0 Å². The number of rotatable bonds is 10. The molecule has 0 saturated carbocycles. The Morgan fingerprint density at radius 3 is 2.58 bits per heavy atom. The van der Waals surface area contributed by atoms with Gasteiger partial charge in [0.2, 0.25) is 5.72 Å². The number of benzene rings is 1. The smallest absolute Gasteiger partial charge is 0.340 e.